The first-order valence-electron chi connectivity index (χ1n) is 7.89. The lowest BCUT2D eigenvalue weighted by Gasteiger charge is -2.58. The summed E-state index contributed by atoms with van der Waals surface area (Å²) in [4.78, 5) is 23.7. The van der Waals surface area contributed by atoms with Crippen LogP contribution in [0, 0.1) is 22.7 Å². The van der Waals surface area contributed by atoms with E-state index in [9.17, 15) is 14.7 Å². The van der Waals surface area contributed by atoms with E-state index in [1.54, 1.807) is 6.92 Å². The van der Waals surface area contributed by atoms with Crippen LogP contribution in [0.3, 0.4) is 0 Å². The van der Waals surface area contributed by atoms with E-state index in [2.05, 4.69) is 20.8 Å². The molecule has 0 heterocycles. The molecule has 2 aliphatic rings. The fraction of sp³-hybridized carbons (Fsp3) is 0.882. The number of carbonyl (C=O) groups is 2. The first-order valence-corrected chi connectivity index (χ1v) is 7.89. The highest BCUT2D eigenvalue weighted by molar-refractivity contribution is 5.84. The Labute approximate surface area is 122 Å². The lowest BCUT2D eigenvalue weighted by Crippen LogP contribution is -2.57. The minimum absolute atomic E-state index is 0.0561. The zero-order chi connectivity index (χ0) is 15.1. The summed E-state index contributed by atoms with van der Waals surface area (Å²) in [6.45, 7) is 8.20. The number of ketones is 2. The van der Waals surface area contributed by atoms with Gasteiger partial charge >= 0.3 is 0 Å². The summed E-state index contributed by atoms with van der Waals surface area (Å²) >= 11 is 0. The Kier molecular flexibility index (Phi) is 4.12. The summed E-state index contributed by atoms with van der Waals surface area (Å²) < 4.78 is 0. The Bertz CT molecular complexity index is 412. The van der Waals surface area contributed by atoms with Gasteiger partial charge in [-0.25, -0.2) is 0 Å². The van der Waals surface area contributed by atoms with Gasteiger partial charge in [-0.15, -0.1) is 0 Å². The number of aliphatic hydroxyl groups excluding tert-OH is 1. The molecule has 0 spiro atoms. The van der Waals surface area contributed by atoms with E-state index >= 15 is 0 Å². The van der Waals surface area contributed by atoms with Gasteiger partial charge in [0.25, 0.3) is 0 Å². The number of fused-ring (bicyclic) bond motifs is 1. The average Bonchev–Trinajstić information content (AvgIpc) is 2.25. The summed E-state index contributed by atoms with van der Waals surface area (Å²) in [7, 11) is 0. The van der Waals surface area contributed by atoms with E-state index < -0.39 is 6.10 Å². The number of Topliss-reactive ketones (excluding diaryl/α,β-unsaturated/α-hetero) is 2. The normalized spacial score (nSPS) is 40.2. The Morgan fingerprint density at radius 2 is 1.95 bits per heavy atom. The predicted octanol–water partition coefficient (Wildman–Crippen LogP) is 3.14. The number of hydrogen-bond donors (Lipinski definition) is 1. The average molecular weight is 280 g/mol. The molecular weight excluding hydrogens is 252 g/mol. The van der Waals surface area contributed by atoms with Crippen LogP contribution >= 0.6 is 0 Å². The van der Waals surface area contributed by atoms with Gasteiger partial charge in [-0.1, -0.05) is 27.2 Å². The Morgan fingerprint density at radius 1 is 1.30 bits per heavy atom. The number of hydrogen-bond acceptors (Lipinski definition) is 3. The van der Waals surface area contributed by atoms with Gasteiger partial charge in [0.05, 0.1) is 6.10 Å². The Balaban J connectivity index is 2.32. The summed E-state index contributed by atoms with van der Waals surface area (Å²) in [5.41, 5.74) is -0.0759. The summed E-state index contributed by atoms with van der Waals surface area (Å²) in [5.74, 6) is 0.423. The van der Waals surface area contributed by atoms with Crippen LogP contribution in [0.15, 0.2) is 0 Å². The SMILES string of the molecule is CC(=O)CC[C@H]1C(=O)C[C@H](O)[C@@H]2C(C)(C)CCC[C@@]21C. The van der Waals surface area contributed by atoms with Crippen LogP contribution in [0.4, 0.5) is 0 Å². The summed E-state index contributed by atoms with van der Waals surface area (Å²) in [6.07, 6.45) is 4.10. The van der Waals surface area contributed by atoms with Crippen molar-refractivity contribution < 1.29 is 14.7 Å². The van der Waals surface area contributed by atoms with E-state index in [0.717, 1.165) is 19.3 Å². The number of rotatable bonds is 3. The monoisotopic (exact) mass is 280 g/mol. The second kappa shape index (κ2) is 5.25. The zero-order valence-corrected chi connectivity index (χ0v) is 13.2. The second-order valence-electron chi connectivity index (χ2n) is 7.86. The van der Waals surface area contributed by atoms with Crippen LogP contribution < -0.4 is 0 Å². The smallest absolute Gasteiger partial charge is 0.139 e. The highest BCUT2D eigenvalue weighted by atomic mass is 16.3. The fourth-order valence-corrected chi connectivity index (χ4v) is 5.15. The molecule has 0 aliphatic heterocycles. The van der Waals surface area contributed by atoms with Gasteiger partial charge in [0, 0.05) is 18.8 Å². The third-order valence-electron chi connectivity index (χ3n) is 5.85. The molecule has 0 aromatic heterocycles. The van der Waals surface area contributed by atoms with Crippen LogP contribution in [0.25, 0.3) is 0 Å². The fourth-order valence-electron chi connectivity index (χ4n) is 5.15. The largest absolute Gasteiger partial charge is 0.392 e. The zero-order valence-electron chi connectivity index (χ0n) is 13.2. The molecule has 1 N–H and O–H groups in total. The van der Waals surface area contributed by atoms with Crippen LogP contribution in [0.1, 0.15) is 66.2 Å². The topological polar surface area (TPSA) is 54.4 Å². The van der Waals surface area contributed by atoms with Crippen molar-refractivity contribution in [2.24, 2.45) is 22.7 Å². The van der Waals surface area contributed by atoms with E-state index in [0.29, 0.717) is 12.8 Å². The van der Waals surface area contributed by atoms with Crippen molar-refractivity contribution in [2.75, 3.05) is 0 Å². The van der Waals surface area contributed by atoms with E-state index in [1.165, 1.54) is 0 Å². The molecule has 0 radical (unpaired) electrons. The van der Waals surface area contributed by atoms with E-state index in [1.807, 2.05) is 0 Å². The molecule has 3 nitrogen and oxygen atoms in total. The van der Waals surface area contributed by atoms with E-state index in [4.69, 9.17) is 0 Å². The highest BCUT2D eigenvalue weighted by Crippen LogP contribution is 2.59. The van der Waals surface area contributed by atoms with Crippen LogP contribution in [0.2, 0.25) is 0 Å². The summed E-state index contributed by atoms with van der Waals surface area (Å²) in [5, 5.41) is 10.5. The van der Waals surface area contributed by atoms with Crippen molar-refractivity contribution in [3.8, 4) is 0 Å². The molecule has 114 valence electrons. The minimum atomic E-state index is -0.517. The third-order valence-corrected chi connectivity index (χ3v) is 5.85. The van der Waals surface area contributed by atoms with Crippen LogP contribution in [0.5, 0.6) is 0 Å². The van der Waals surface area contributed by atoms with Gasteiger partial charge in [-0.05, 0) is 42.9 Å². The van der Waals surface area contributed by atoms with Crippen molar-refractivity contribution in [3.63, 3.8) is 0 Å². The van der Waals surface area contributed by atoms with Gasteiger partial charge in [0.2, 0.25) is 0 Å². The molecule has 0 aromatic carbocycles. The van der Waals surface area contributed by atoms with Gasteiger partial charge < -0.3 is 9.90 Å². The molecule has 0 saturated heterocycles. The predicted molar refractivity (Wildman–Crippen MR) is 78.3 cm³/mol. The third kappa shape index (κ3) is 2.57. The molecule has 0 amide bonds. The quantitative estimate of drug-likeness (QED) is 0.864. The first kappa shape index (κ1) is 15.7. The maximum absolute atomic E-state index is 12.4. The van der Waals surface area contributed by atoms with Crippen molar-refractivity contribution in [3.05, 3.63) is 0 Å². The lowest BCUT2D eigenvalue weighted by atomic mass is 9.47. The standard InChI is InChI=1S/C17H28O3/c1-11(18)6-7-12-13(19)10-14(20)15-16(2,3)8-5-9-17(12,15)4/h12,14-15,20H,5-10H2,1-4H3/t12-,14-,15+,17+/m0/s1. The maximum atomic E-state index is 12.4. The number of aliphatic hydroxyl groups is 1. The second-order valence-corrected chi connectivity index (χ2v) is 7.86. The Hall–Kier alpha value is -0.700. The molecular formula is C17H28O3. The van der Waals surface area contributed by atoms with Crippen molar-refractivity contribution in [1.82, 2.24) is 0 Å². The summed E-state index contributed by atoms with van der Waals surface area (Å²) in [6, 6.07) is 0. The number of carbonyl (C=O) groups excluding carboxylic acids is 2. The van der Waals surface area contributed by atoms with Crippen molar-refractivity contribution in [1.29, 1.82) is 0 Å². The molecule has 2 rings (SSSR count). The molecule has 3 heteroatoms. The lowest BCUT2D eigenvalue weighted by molar-refractivity contribution is -0.163. The van der Waals surface area contributed by atoms with Gasteiger partial charge in [0.15, 0.2) is 0 Å². The van der Waals surface area contributed by atoms with Gasteiger partial charge in [-0.2, -0.15) is 0 Å². The molecule has 0 unspecified atom stereocenters. The Morgan fingerprint density at radius 3 is 2.55 bits per heavy atom. The minimum Gasteiger partial charge on any atom is -0.392 e. The highest BCUT2D eigenvalue weighted by Gasteiger charge is 2.57. The van der Waals surface area contributed by atoms with Crippen molar-refractivity contribution >= 4 is 11.6 Å². The molecule has 4 atom stereocenters. The van der Waals surface area contributed by atoms with Crippen LogP contribution in [-0.2, 0) is 9.59 Å². The van der Waals surface area contributed by atoms with Crippen molar-refractivity contribution in [2.45, 2.75) is 72.3 Å². The maximum Gasteiger partial charge on any atom is 0.139 e. The van der Waals surface area contributed by atoms with Gasteiger partial charge in [-0.3, -0.25) is 4.79 Å². The van der Waals surface area contributed by atoms with Crippen LogP contribution in [-0.4, -0.2) is 22.8 Å². The molecule has 20 heavy (non-hydrogen) atoms. The van der Waals surface area contributed by atoms with E-state index in [-0.39, 0.29) is 40.7 Å². The molecule has 0 bridgehead atoms. The molecule has 0 aromatic rings. The first-order chi connectivity index (χ1) is 9.18. The molecule has 2 fully saturated rings. The molecule has 2 aliphatic carbocycles. The molecule has 2 saturated carbocycles. The van der Waals surface area contributed by atoms with Gasteiger partial charge in [0.1, 0.15) is 11.6 Å².